The van der Waals surface area contributed by atoms with E-state index < -0.39 is 21.7 Å². The van der Waals surface area contributed by atoms with Gasteiger partial charge in [0.25, 0.3) is 0 Å². The Morgan fingerprint density at radius 2 is 1.71 bits per heavy atom. The van der Waals surface area contributed by atoms with Gasteiger partial charge in [-0.2, -0.15) is 0 Å². The molecule has 0 aromatic heterocycles. The van der Waals surface area contributed by atoms with Crippen LogP contribution < -0.4 is 5.32 Å². The van der Waals surface area contributed by atoms with Gasteiger partial charge in [-0.25, -0.2) is 17.2 Å². The molecule has 0 aliphatic heterocycles. The minimum absolute atomic E-state index is 0.00656. The van der Waals surface area contributed by atoms with E-state index in [1.807, 2.05) is 12.4 Å². The molecule has 0 radical (unpaired) electrons. The molecule has 7 heteroatoms. The zero-order valence-corrected chi connectivity index (χ0v) is 12.1. The Balaban J connectivity index is 2.23. The van der Waals surface area contributed by atoms with Gasteiger partial charge < -0.3 is 10.0 Å². The summed E-state index contributed by atoms with van der Waals surface area (Å²) in [6, 6.07) is 8.95. The third-order valence-corrected chi connectivity index (χ3v) is 4.11. The number of nitrogens with zero attached hydrogens (tertiary/aromatic N) is 1. The fourth-order valence-electron chi connectivity index (χ4n) is 1.77. The van der Waals surface area contributed by atoms with Crippen molar-refractivity contribution in [2.24, 2.45) is 0 Å². The SMILES string of the molecule is C[NH2+]Cc1ccc(S(=O)(=O)[N-]c2ccc(F)c(F)c2)cc1. The molecule has 0 atom stereocenters. The summed E-state index contributed by atoms with van der Waals surface area (Å²) in [5, 5.41) is 1.95. The lowest BCUT2D eigenvalue weighted by atomic mass is 10.2. The molecule has 0 heterocycles. The molecule has 0 fully saturated rings. The quantitative estimate of drug-likeness (QED) is 0.918. The van der Waals surface area contributed by atoms with Crippen LogP contribution in [0.5, 0.6) is 0 Å². The van der Waals surface area contributed by atoms with Gasteiger partial charge in [-0.1, -0.05) is 18.2 Å². The lowest BCUT2D eigenvalue weighted by molar-refractivity contribution is -0.643. The van der Waals surface area contributed by atoms with Crippen molar-refractivity contribution in [1.29, 1.82) is 0 Å². The molecule has 2 aromatic carbocycles. The lowest BCUT2D eigenvalue weighted by Gasteiger charge is -2.22. The van der Waals surface area contributed by atoms with Crippen molar-refractivity contribution in [2.45, 2.75) is 11.4 Å². The molecule has 0 spiro atoms. The summed E-state index contributed by atoms with van der Waals surface area (Å²) >= 11 is 0. The highest BCUT2D eigenvalue weighted by molar-refractivity contribution is 7.94. The zero-order chi connectivity index (χ0) is 15.5. The zero-order valence-electron chi connectivity index (χ0n) is 11.3. The summed E-state index contributed by atoms with van der Waals surface area (Å²) in [5.41, 5.74) is 0.823. The van der Waals surface area contributed by atoms with Gasteiger partial charge >= 0.3 is 0 Å². The number of halogens is 2. The molecule has 0 aliphatic rings. The van der Waals surface area contributed by atoms with E-state index in [9.17, 15) is 17.2 Å². The Morgan fingerprint density at radius 1 is 1.05 bits per heavy atom. The fourth-order valence-corrected chi connectivity index (χ4v) is 2.74. The Labute approximate surface area is 121 Å². The normalized spacial score (nSPS) is 11.4. The van der Waals surface area contributed by atoms with Crippen molar-refractivity contribution < 1.29 is 22.5 Å². The first-order valence-electron chi connectivity index (χ1n) is 6.22. The van der Waals surface area contributed by atoms with Crippen molar-refractivity contribution in [3.8, 4) is 0 Å². The van der Waals surface area contributed by atoms with Crippen LogP contribution in [0.1, 0.15) is 5.56 Å². The third kappa shape index (κ3) is 3.77. The first-order valence-corrected chi connectivity index (χ1v) is 7.66. The van der Waals surface area contributed by atoms with Crippen molar-refractivity contribution in [3.63, 3.8) is 0 Å². The Bertz CT molecular complexity index is 731. The maximum absolute atomic E-state index is 13.1. The van der Waals surface area contributed by atoms with Gasteiger partial charge in [-0.3, -0.25) is 0 Å². The molecule has 2 aromatic rings. The molecule has 0 bridgehead atoms. The van der Waals surface area contributed by atoms with Gasteiger partial charge in [0.2, 0.25) is 0 Å². The molecule has 0 saturated carbocycles. The van der Waals surface area contributed by atoms with Gasteiger partial charge in [0.1, 0.15) is 16.6 Å². The van der Waals surface area contributed by atoms with E-state index in [1.165, 1.54) is 12.1 Å². The summed E-state index contributed by atoms with van der Waals surface area (Å²) < 4.78 is 53.5. The average Bonchev–Trinajstić information content (AvgIpc) is 2.44. The number of hydrogen-bond donors (Lipinski definition) is 1. The molecule has 0 unspecified atom stereocenters. The molecular weight excluding hydrogens is 298 g/mol. The van der Waals surface area contributed by atoms with E-state index >= 15 is 0 Å². The summed E-state index contributed by atoms with van der Waals surface area (Å²) in [6.07, 6.45) is 0. The molecule has 0 aliphatic carbocycles. The molecule has 21 heavy (non-hydrogen) atoms. The Hall–Kier alpha value is -1.99. The molecule has 0 amide bonds. The number of rotatable bonds is 5. The van der Waals surface area contributed by atoms with Crippen LogP contribution in [0.2, 0.25) is 0 Å². The summed E-state index contributed by atoms with van der Waals surface area (Å²) in [4.78, 5) is 0.00656. The lowest BCUT2D eigenvalue weighted by Crippen LogP contribution is -2.77. The number of quaternary nitrogens is 1. The van der Waals surface area contributed by atoms with Gasteiger partial charge in [-0.05, 0) is 24.3 Å². The van der Waals surface area contributed by atoms with E-state index in [0.29, 0.717) is 0 Å². The monoisotopic (exact) mass is 312 g/mol. The minimum atomic E-state index is -3.95. The van der Waals surface area contributed by atoms with Crippen LogP contribution in [0.15, 0.2) is 47.4 Å². The van der Waals surface area contributed by atoms with Crippen LogP contribution >= 0.6 is 0 Å². The molecule has 2 N–H and O–H groups in total. The van der Waals surface area contributed by atoms with Crippen LogP contribution in [-0.2, 0) is 16.6 Å². The Morgan fingerprint density at radius 3 is 2.29 bits per heavy atom. The van der Waals surface area contributed by atoms with Crippen molar-refractivity contribution in [2.75, 3.05) is 7.05 Å². The first-order chi connectivity index (χ1) is 9.92. The maximum Gasteiger partial charge on any atom is 0.158 e. The molecule has 2 rings (SSSR count). The predicted molar refractivity (Wildman–Crippen MR) is 74.6 cm³/mol. The van der Waals surface area contributed by atoms with Gasteiger partial charge in [-0.15, -0.1) is 5.69 Å². The van der Waals surface area contributed by atoms with Crippen molar-refractivity contribution in [1.82, 2.24) is 0 Å². The van der Waals surface area contributed by atoms with E-state index in [0.717, 1.165) is 30.3 Å². The average molecular weight is 312 g/mol. The predicted octanol–water partition coefficient (Wildman–Crippen LogP) is 2.05. The summed E-state index contributed by atoms with van der Waals surface area (Å²) in [6.45, 7) is 0.737. The molecular formula is C14H14F2N2O2S. The highest BCUT2D eigenvalue weighted by Crippen LogP contribution is 2.28. The van der Waals surface area contributed by atoms with Crippen molar-refractivity contribution >= 4 is 15.7 Å². The fraction of sp³-hybridized carbons (Fsp3) is 0.143. The highest BCUT2D eigenvalue weighted by Gasteiger charge is 2.06. The molecule has 112 valence electrons. The topological polar surface area (TPSA) is 64.8 Å². The van der Waals surface area contributed by atoms with E-state index in [4.69, 9.17) is 0 Å². The highest BCUT2D eigenvalue weighted by atomic mass is 32.2. The van der Waals surface area contributed by atoms with Crippen LogP contribution in [-0.4, -0.2) is 15.5 Å². The van der Waals surface area contributed by atoms with Gasteiger partial charge in [0, 0.05) is 5.56 Å². The second-order valence-electron chi connectivity index (χ2n) is 4.42. The largest absolute Gasteiger partial charge is 0.573 e. The third-order valence-electron chi connectivity index (χ3n) is 2.79. The standard InChI is InChI=1S/C14H13F2N2O2S/c1-17-9-10-2-5-12(6-3-10)21(19,20)18-11-4-7-13(15)14(16)8-11/h2-8,17H,9H2,1H3/q-1/p+1. The summed E-state index contributed by atoms with van der Waals surface area (Å²) in [7, 11) is -2.04. The van der Waals surface area contributed by atoms with Crippen LogP contribution in [0, 0.1) is 11.6 Å². The molecule has 4 nitrogen and oxygen atoms in total. The number of nitrogens with two attached hydrogens (primary N) is 1. The number of hydrogen-bond acceptors (Lipinski definition) is 2. The number of benzene rings is 2. The first kappa shape index (κ1) is 15.4. The van der Waals surface area contributed by atoms with E-state index in [1.54, 1.807) is 12.1 Å². The Kier molecular flexibility index (Phi) is 4.54. The second-order valence-corrected chi connectivity index (χ2v) is 6.03. The van der Waals surface area contributed by atoms with E-state index in [-0.39, 0.29) is 10.6 Å². The summed E-state index contributed by atoms with van der Waals surface area (Å²) in [5.74, 6) is -2.19. The van der Waals surface area contributed by atoms with Gasteiger partial charge in [0.05, 0.1) is 11.9 Å². The molecule has 0 saturated heterocycles. The van der Waals surface area contributed by atoms with Crippen molar-refractivity contribution in [3.05, 3.63) is 64.4 Å². The van der Waals surface area contributed by atoms with Gasteiger partial charge in [0.15, 0.2) is 11.6 Å². The van der Waals surface area contributed by atoms with Crippen LogP contribution in [0.25, 0.3) is 4.72 Å². The van der Waals surface area contributed by atoms with Crippen LogP contribution in [0.3, 0.4) is 0 Å². The maximum atomic E-state index is 13.1. The minimum Gasteiger partial charge on any atom is -0.573 e. The van der Waals surface area contributed by atoms with Crippen LogP contribution in [0.4, 0.5) is 14.5 Å². The smallest absolute Gasteiger partial charge is 0.158 e. The second kappa shape index (κ2) is 6.19. The van der Waals surface area contributed by atoms with E-state index in [2.05, 4.69) is 4.72 Å². The number of sulfonamides is 1.